The topological polar surface area (TPSA) is 79.0 Å². The van der Waals surface area contributed by atoms with Crippen LogP contribution in [0.3, 0.4) is 0 Å². The number of nitro groups is 1. The number of hydrogen-bond acceptors (Lipinski definition) is 4. The molecule has 0 unspecified atom stereocenters. The second-order valence-corrected chi connectivity index (χ2v) is 5.00. The van der Waals surface area contributed by atoms with E-state index in [4.69, 9.17) is 5.26 Å². The Kier molecular flexibility index (Phi) is 4.19. The molecule has 5 heteroatoms. The van der Waals surface area contributed by atoms with Crippen LogP contribution in [0.4, 0.5) is 17.1 Å². The van der Waals surface area contributed by atoms with E-state index in [1.165, 1.54) is 17.7 Å². The molecular weight excluding hydrogens is 266 g/mol. The van der Waals surface area contributed by atoms with Gasteiger partial charge in [-0.15, -0.1) is 0 Å². The highest BCUT2D eigenvalue weighted by atomic mass is 16.6. The molecule has 0 atom stereocenters. The lowest BCUT2D eigenvalue weighted by Crippen LogP contribution is -1.96. The highest BCUT2D eigenvalue weighted by molar-refractivity contribution is 5.65. The van der Waals surface area contributed by atoms with Crippen molar-refractivity contribution in [1.82, 2.24) is 0 Å². The first-order valence-corrected chi connectivity index (χ1v) is 6.57. The van der Waals surface area contributed by atoms with Crippen molar-refractivity contribution in [1.29, 1.82) is 5.26 Å². The molecule has 0 aliphatic heterocycles. The number of hydrogen-bond donors (Lipinski definition) is 1. The summed E-state index contributed by atoms with van der Waals surface area (Å²) in [7, 11) is 0. The maximum Gasteiger partial charge on any atom is 0.287 e. The fourth-order valence-electron chi connectivity index (χ4n) is 1.98. The molecule has 0 fully saturated rings. The second kappa shape index (κ2) is 6.06. The van der Waals surface area contributed by atoms with E-state index < -0.39 is 4.92 Å². The van der Waals surface area contributed by atoms with Gasteiger partial charge >= 0.3 is 0 Å². The number of nitro benzene ring substituents is 1. The number of nitrogens with one attached hydrogen (secondary N) is 1. The van der Waals surface area contributed by atoms with Gasteiger partial charge in [-0.1, -0.05) is 26.0 Å². The van der Waals surface area contributed by atoms with Gasteiger partial charge in [0.1, 0.15) is 11.6 Å². The Balaban J connectivity index is 2.24. The zero-order valence-corrected chi connectivity index (χ0v) is 11.8. The Morgan fingerprint density at radius 3 is 2.29 bits per heavy atom. The molecule has 5 nitrogen and oxygen atoms in total. The normalized spacial score (nSPS) is 10.2. The molecule has 0 radical (unpaired) electrons. The first kappa shape index (κ1) is 14.5. The quantitative estimate of drug-likeness (QED) is 0.668. The summed E-state index contributed by atoms with van der Waals surface area (Å²) in [5, 5.41) is 22.9. The number of nitrogens with zero attached hydrogens (tertiary/aromatic N) is 2. The molecule has 21 heavy (non-hydrogen) atoms. The summed E-state index contributed by atoms with van der Waals surface area (Å²) in [5.74, 6) is 0.462. The molecule has 1 N–H and O–H groups in total. The fourth-order valence-corrected chi connectivity index (χ4v) is 1.98. The Bertz CT molecular complexity index is 700. The number of rotatable bonds is 4. The molecule has 2 rings (SSSR count). The lowest BCUT2D eigenvalue weighted by atomic mass is 10.0. The smallest absolute Gasteiger partial charge is 0.287 e. The first-order valence-electron chi connectivity index (χ1n) is 6.57. The SMILES string of the molecule is CC(C)c1ccc(Nc2ccc([N+](=O)[O-])c(C#N)c2)cc1. The van der Waals surface area contributed by atoms with Crippen LogP contribution in [0.1, 0.15) is 30.9 Å². The summed E-state index contributed by atoms with van der Waals surface area (Å²) in [6.07, 6.45) is 0. The molecule has 0 heterocycles. The third kappa shape index (κ3) is 3.37. The zero-order valence-electron chi connectivity index (χ0n) is 11.8. The highest BCUT2D eigenvalue weighted by Crippen LogP contribution is 2.25. The molecule has 2 aromatic carbocycles. The van der Waals surface area contributed by atoms with E-state index >= 15 is 0 Å². The molecule has 0 bridgehead atoms. The lowest BCUT2D eigenvalue weighted by molar-refractivity contribution is -0.385. The molecule has 0 aliphatic rings. The van der Waals surface area contributed by atoms with E-state index in [1.807, 2.05) is 30.3 Å². The summed E-state index contributed by atoms with van der Waals surface area (Å²) in [6.45, 7) is 4.25. The molecule has 0 aromatic heterocycles. The van der Waals surface area contributed by atoms with E-state index in [0.29, 0.717) is 11.6 Å². The Labute approximate surface area is 123 Å². The van der Waals surface area contributed by atoms with Gasteiger partial charge in [0, 0.05) is 17.4 Å². The van der Waals surface area contributed by atoms with Gasteiger partial charge < -0.3 is 5.32 Å². The van der Waals surface area contributed by atoms with Gasteiger partial charge in [-0.25, -0.2) is 0 Å². The van der Waals surface area contributed by atoms with E-state index in [2.05, 4.69) is 19.2 Å². The predicted molar refractivity (Wildman–Crippen MR) is 81.6 cm³/mol. The van der Waals surface area contributed by atoms with Crippen molar-refractivity contribution in [3.05, 3.63) is 63.7 Å². The lowest BCUT2D eigenvalue weighted by Gasteiger charge is -2.09. The van der Waals surface area contributed by atoms with Crippen LogP contribution in [0.5, 0.6) is 0 Å². The van der Waals surface area contributed by atoms with Crippen molar-refractivity contribution < 1.29 is 4.92 Å². The van der Waals surface area contributed by atoms with Crippen molar-refractivity contribution in [2.45, 2.75) is 19.8 Å². The highest BCUT2D eigenvalue weighted by Gasteiger charge is 2.13. The van der Waals surface area contributed by atoms with E-state index in [-0.39, 0.29) is 11.3 Å². The van der Waals surface area contributed by atoms with Gasteiger partial charge in [-0.2, -0.15) is 5.26 Å². The molecule has 106 valence electrons. The molecule has 0 saturated carbocycles. The molecule has 0 amide bonds. The second-order valence-electron chi connectivity index (χ2n) is 5.00. The van der Waals surface area contributed by atoms with Crippen LogP contribution in [0.15, 0.2) is 42.5 Å². The van der Waals surface area contributed by atoms with Crippen LogP contribution in [0.25, 0.3) is 0 Å². The van der Waals surface area contributed by atoms with Crippen molar-refractivity contribution in [3.63, 3.8) is 0 Å². The minimum atomic E-state index is -0.556. The maximum absolute atomic E-state index is 10.8. The first-order chi connectivity index (χ1) is 10.0. The Hall–Kier alpha value is -2.87. The standard InChI is InChI=1S/C16H15N3O2/c1-11(2)12-3-5-14(6-4-12)18-15-7-8-16(19(20)21)13(9-15)10-17/h3-9,11,18H,1-2H3. The predicted octanol–water partition coefficient (Wildman–Crippen LogP) is 4.33. The summed E-state index contributed by atoms with van der Waals surface area (Å²) >= 11 is 0. The van der Waals surface area contributed by atoms with Crippen LogP contribution in [-0.2, 0) is 0 Å². The Morgan fingerprint density at radius 1 is 1.14 bits per heavy atom. The third-order valence-electron chi connectivity index (χ3n) is 3.18. The summed E-state index contributed by atoms with van der Waals surface area (Å²) < 4.78 is 0. The summed E-state index contributed by atoms with van der Waals surface area (Å²) in [6, 6.07) is 14.2. The van der Waals surface area contributed by atoms with Gasteiger partial charge in [0.2, 0.25) is 0 Å². The van der Waals surface area contributed by atoms with Crippen molar-refractivity contribution in [2.75, 3.05) is 5.32 Å². The van der Waals surface area contributed by atoms with E-state index in [9.17, 15) is 10.1 Å². The van der Waals surface area contributed by atoms with Crippen LogP contribution >= 0.6 is 0 Å². The average Bonchev–Trinajstić information content (AvgIpc) is 2.47. The van der Waals surface area contributed by atoms with Crippen LogP contribution in [0, 0.1) is 21.4 Å². The molecule has 0 aliphatic carbocycles. The van der Waals surface area contributed by atoms with Gasteiger partial charge in [-0.05, 0) is 35.7 Å². The minimum Gasteiger partial charge on any atom is -0.355 e. The third-order valence-corrected chi connectivity index (χ3v) is 3.18. The van der Waals surface area contributed by atoms with Crippen LogP contribution in [0.2, 0.25) is 0 Å². The molecule has 0 spiro atoms. The molecule has 0 saturated heterocycles. The summed E-state index contributed by atoms with van der Waals surface area (Å²) in [4.78, 5) is 10.2. The molecular formula is C16H15N3O2. The summed E-state index contributed by atoms with van der Waals surface area (Å²) in [5.41, 5.74) is 2.62. The van der Waals surface area contributed by atoms with Gasteiger partial charge in [0.25, 0.3) is 5.69 Å². The van der Waals surface area contributed by atoms with Gasteiger partial charge in [0.15, 0.2) is 0 Å². The minimum absolute atomic E-state index is 0.0452. The van der Waals surface area contributed by atoms with Crippen LogP contribution < -0.4 is 5.32 Å². The Morgan fingerprint density at radius 2 is 1.76 bits per heavy atom. The van der Waals surface area contributed by atoms with Crippen LogP contribution in [-0.4, -0.2) is 4.92 Å². The number of anilines is 2. The van der Waals surface area contributed by atoms with Crippen molar-refractivity contribution in [3.8, 4) is 6.07 Å². The monoisotopic (exact) mass is 281 g/mol. The molecule has 2 aromatic rings. The van der Waals surface area contributed by atoms with E-state index in [0.717, 1.165) is 5.69 Å². The van der Waals surface area contributed by atoms with Crippen molar-refractivity contribution in [2.24, 2.45) is 0 Å². The number of benzene rings is 2. The largest absolute Gasteiger partial charge is 0.355 e. The van der Waals surface area contributed by atoms with Gasteiger partial charge in [0.05, 0.1) is 4.92 Å². The average molecular weight is 281 g/mol. The van der Waals surface area contributed by atoms with E-state index in [1.54, 1.807) is 6.07 Å². The zero-order chi connectivity index (χ0) is 15.4. The van der Waals surface area contributed by atoms with Gasteiger partial charge in [-0.3, -0.25) is 10.1 Å². The maximum atomic E-state index is 10.8. The fraction of sp³-hybridized carbons (Fsp3) is 0.188. The number of nitriles is 1. The van der Waals surface area contributed by atoms with Crippen molar-refractivity contribution >= 4 is 17.1 Å².